The van der Waals surface area contributed by atoms with Crippen LogP contribution in [-0.4, -0.2) is 57.8 Å². The summed E-state index contributed by atoms with van der Waals surface area (Å²) in [5.41, 5.74) is 0.336. The molecule has 0 spiro atoms. The number of carbonyl (C=O) groups is 2. The average Bonchev–Trinajstić information content (AvgIpc) is 3.13. The van der Waals surface area contributed by atoms with Gasteiger partial charge in [0.2, 0.25) is 11.9 Å². The van der Waals surface area contributed by atoms with Crippen molar-refractivity contribution in [2.75, 3.05) is 31.5 Å². The zero-order valence-corrected chi connectivity index (χ0v) is 13.4. The minimum Gasteiger partial charge on any atom is -0.467 e. The van der Waals surface area contributed by atoms with Gasteiger partial charge in [0.15, 0.2) is 0 Å². The van der Waals surface area contributed by atoms with E-state index in [0.29, 0.717) is 44.4 Å². The van der Waals surface area contributed by atoms with Gasteiger partial charge in [-0.1, -0.05) is 0 Å². The molecule has 1 N–H and O–H groups in total. The average molecular weight is 329 g/mol. The molecule has 2 aromatic heterocycles. The van der Waals surface area contributed by atoms with E-state index in [9.17, 15) is 9.59 Å². The van der Waals surface area contributed by atoms with Crippen LogP contribution in [-0.2, 0) is 11.3 Å². The molecule has 0 unspecified atom stereocenters. The first-order valence-corrected chi connectivity index (χ1v) is 7.77. The Kier molecular flexibility index (Phi) is 4.74. The topological polar surface area (TPSA) is 91.6 Å². The van der Waals surface area contributed by atoms with Gasteiger partial charge >= 0.3 is 0 Å². The normalized spacial score (nSPS) is 14.5. The Labute approximate surface area is 139 Å². The van der Waals surface area contributed by atoms with Crippen LogP contribution in [0.2, 0.25) is 0 Å². The molecule has 0 radical (unpaired) electrons. The van der Waals surface area contributed by atoms with Crippen molar-refractivity contribution in [2.45, 2.75) is 13.5 Å². The predicted molar refractivity (Wildman–Crippen MR) is 86.2 cm³/mol. The van der Waals surface area contributed by atoms with Gasteiger partial charge in [-0.15, -0.1) is 0 Å². The molecule has 1 aliphatic heterocycles. The molecule has 0 aliphatic carbocycles. The molecule has 2 amide bonds. The van der Waals surface area contributed by atoms with Gasteiger partial charge in [0, 0.05) is 39.3 Å². The monoisotopic (exact) mass is 329 g/mol. The highest BCUT2D eigenvalue weighted by Gasteiger charge is 2.24. The van der Waals surface area contributed by atoms with Crippen LogP contribution in [0.1, 0.15) is 23.2 Å². The number of hydrogen-bond donors (Lipinski definition) is 1. The standard InChI is InChI=1S/C16H19N5O3/c1-12(22)20-6-8-21(9-7-20)15(23)14-4-5-17-16(19-14)18-11-13-3-2-10-24-13/h2-5,10H,6-9,11H2,1H3,(H,17,18,19). The summed E-state index contributed by atoms with van der Waals surface area (Å²) in [4.78, 5) is 35.7. The molecule has 1 fully saturated rings. The maximum atomic E-state index is 12.5. The molecular weight excluding hydrogens is 310 g/mol. The molecular formula is C16H19N5O3. The summed E-state index contributed by atoms with van der Waals surface area (Å²) in [6.07, 6.45) is 3.15. The Morgan fingerprint density at radius 2 is 1.96 bits per heavy atom. The third-order valence-electron chi connectivity index (χ3n) is 3.89. The predicted octanol–water partition coefficient (Wildman–Crippen LogP) is 0.986. The maximum Gasteiger partial charge on any atom is 0.272 e. The van der Waals surface area contributed by atoms with Gasteiger partial charge in [-0.2, -0.15) is 0 Å². The van der Waals surface area contributed by atoms with Gasteiger partial charge in [-0.05, 0) is 18.2 Å². The highest BCUT2D eigenvalue weighted by molar-refractivity contribution is 5.92. The highest BCUT2D eigenvalue weighted by atomic mass is 16.3. The Balaban J connectivity index is 1.61. The van der Waals surface area contributed by atoms with E-state index in [2.05, 4.69) is 15.3 Å². The third kappa shape index (κ3) is 3.70. The summed E-state index contributed by atoms with van der Waals surface area (Å²) >= 11 is 0. The molecule has 0 saturated carbocycles. The molecule has 3 heterocycles. The molecule has 2 aromatic rings. The first kappa shape index (κ1) is 16.0. The van der Waals surface area contributed by atoms with E-state index in [-0.39, 0.29) is 11.8 Å². The second-order valence-electron chi connectivity index (χ2n) is 5.50. The molecule has 8 nitrogen and oxygen atoms in total. The number of furan rings is 1. The van der Waals surface area contributed by atoms with E-state index in [1.165, 1.54) is 0 Å². The van der Waals surface area contributed by atoms with E-state index < -0.39 is 0 Å². The fourth-order valence-electron chi connectivity index (χ4n) is 2.53. The van der Waals surface area contributed by atoms with Gasteiger partial charge in [-0.25, -0.2) is 9.97 Å². The number of piperazine rings is 1. The summed E-state index contributed by atoms with van der Waals surface area (Å²) in [6, 6.07) is 5.24. The van der Waals surface area contributed by atoms with Crippen LogP contribution in [0.15, 0.2) is 35.1 Å². The Bertz CT molecular complexity index is 708. The SMILES string of the molecule is CC(=O)N1CCN(C(=O)c2ccnc(NCc3ccco3)n2)CC1. The third-order valence-corrected chi connectivity index (χ3v) is 3.89. The maximum absolute atomic E-state index is 12.5. The van der Waals surface area contributed by atoms with Gasteiger partial charge in [0.25, 0.3) is 5.91 Å². The second-order valence-corrected chi connectivity index (χ2v) is 5.50. The van der Waals surface area contributed by atoms with Crippen molar-refractivity contribution >= 4 is 17.8 Å². The molecule has 1 saturated heterocycles. The van der Waals surface area contributed by atoms with Crippen molar-refractivity contribution in [3.05, 3.63) is 42.1 Å². The van der Waals surface area contributed by atoms with Crippen LogP contribution in [0, 0.1) is 0 Å². The fourth-order valence-corrected chi connectivity index (χ4v) is 2.53. The first-order valence-electron chi connectivity index (χ1n) is 7.77. The van der Waals surface area contributed by atoms with Crippen LogP contribution in [0.3, 0.4) is 0 Å². The number of aromatic nitrogens is 2. The van der Waals surface area contributed by atoms with Crippen LogP contribution >= 0.6 is 0 Å². The highest BCUT2D eigenvalue weighted by Crippen LogP contribution is 2.10. The number of nitrogens with zero attached hydrogens (tertiary/aromatic N) is 4. The number of carbonyl (C=O) groups excluding carboxylic acids is 2. The van der Waals surface area contributed by atoms with Gasteiger partial charge in [-0.3, -0.25) is 9.59 Å². The molecule has 1 aliphatic rings. The molecule has 0 atom stereocenters. The summed E-state index contributed by atoms with van der Waals surface area (Å²) in [6.45, 7) is 4.11. The Morgan fingerprint density at radius 3 is 2.62 bits per heavy atom. The number of rotatable bonds is 4. The first-order chi connectivity index (χ1) is 11.6. The van der Waals surface area contributed by atoms with E-state index in [1.54, 1.807) is 41.3 Å². The summed E-state index contributed by atoms with van der Waals surface area (Å²) < 4.78 is 5.23. The molecule has 8 heteroatoms. The van der Waals surface area contributed by atoms with Crippen molar-refractivity contribution in [3.63, 3.8) is 0 Å². The number of nitrogens with one attached hydrogen (secondary N) is 1. The molecule has 126 valence electrons. The smallest absolute Gasteiger partial charge is 0.272 e. The zero-order valence-electron chi connectivity index (χ0n) is 13.4. The summed E-state index contributed by atoms with van der Waals surface area (Å²) in [5.74, 6) is 1.02. The largest absolute Gasteiger partial charge is 0.467 e. The Hall–Kier alpha value is -2.90. The fraction of sp³-hybridized carbons (Fsp3) is 0.375. The lowest BCUT2D eigenvalue weighted by Gasteiger charge is -2.34. The van der Waals surface area contributed by atoms with E-state index in [1.807, 2.05) is 6.07 Å². The van der Waals surface area contributed by atoms with Gasteiger partial charge < -0.3 is 19.5 Å². The van der Waals surface area contributed by atoms with Crippen molar-refractivity contribution in [1.29, 1.82) is 0 Å². The quantitative estimate of drug-likeness (QED) is 0.899. The van der Waals surface area contributed by atoms with E-state index in [0.717, 1.165) is 5.76 Å². The van der Waals surface area contributed by atoms with E-state index in [4.69, 9.17) is 4.42 Å². The van der Waals surface area contributed by atoms with Crippen molar-refractivity contribution in [1.82, 2.24) is 19.8 Å². The molecule has 24 heavy (non-hydrogen) atoms. The lowest BCUT2D eigenvalue weighted by Crippen LogP contribution is -2.50. The van der Waals surface area contributed by atoms with Crippen molar-refractivity contribution < 1.29 is 14.0 Å². The lowest BCUT2D eigenvalue weighted by atomic mass is 10.2. The minimum atomic E-state index is -0.151. The van der Waals surface area contributed by atoms with Crippen LogP contribution in [0.5, 0.6) is 0 Å². The van der Waals surface area contributed by atoms with Crippen LogP contribution in [0.25, 0.3) is 0 Å². The van der Waals surface area contributed by atoms with Gasteiger partial charge in [0.1, 0.15) is 11.5 Å². The Morgan fingerprint density at radius 1 is 1.21 bits per heavy atom. The van der Waals surface area contributed by atoms with Crippen molar-refractivity contribution in [3.8, 4) is 0 Å². The zero-order chi connectivity index (χ0) is 16.9. The molecule has 3 rings (SSSR count). The summed E-state index contributed by atoms with van der Waals surface area (Å²) in [5, 5.41) is 3.03. The van der Waals surface area contributed by atoms with Crippen LogP contribution < -0.4 is 5.32 Å². The van der Waals surface area contributed by atoms with Crippen molar-refractivity contribution in [2.24, 2.45) is 0 Å². The lowest BCUT2D eigenvalue weighted by molar-refractivity contribution is -0.130. The van der Waals surface area contributed by atoms with Gasteiger partial charge in [0.05, 0.1) is 12.8 Å². The number of anilines is 1. The number of amides is 2. The van der Waals surface area contributed by atoms with Crippen LogP contribution in [0.4, 0.5) is 5.95 Å². The minimum absolute atomic E-state index is 0.0357. The molecule has 0 bridgehead atoms. The summed E-state index contributed by atoms with van der Waals surface area (Å²) in [7, 11) is 0. The molecule has 0 aromatic carbocycles. The second kappa shape index (κ2) is 7.12. The number of hydrogen-bond acceptors (Lipinski definition) is 6. The van der Waals surface area contributed by atoms with E-state index >= 15 is 0 Å².